The maximum Gasteiger partial charge on any atom is 0.151 e. The zero-order chi connectivity index (χ0) is 16.1. The molecule has 1 aliphatic rings. The molecule has 0 aromatic carbocycles. The molecule has 1 fully saturated rings. The Labute approximate surface area is 136 Å². The van der Waals surface area contributed by atoms with E-state index >= 15 is 0 Å². The monoisotopic (exact) mass is 316 g/mol. The number of piperidine rings is 1. The van der Waals surface area contributed by atoms with E-state index in [0.717, 1.165) is 31.7 Å². The molecule has 1 saturated heterocycles. The molecule has 23 heavy (non-hydrogen) atoms. The first-order valence-electron chi connectivity index (χ1n) is 8.11. The molecular weight excluding hydrogens is 292 g/mol. The van der Waals surface area contributed by atoms with Gasteiger partial charge >= 0.3 is 0 Å². The van der Waals surface area contributed by atoms with Crippen molar-refractivity contribution in [3.8, 4) is 0 Å². The average molecular weight is 316 g/mol. The van der Waals surface area contributed by atoms with E-state index in [2.05, 4.69) is 32.1 Å². The molecule has 0 bridgehead atoms. The molecule has 7 nitrogen and oxygen atoms in total. The number of likely N-dealkylation sites (tertiary alicyclic amines) is 1. The first-order chi connectivity index (χ1) is 11.2. The Morgan fingerprint density at radius 2 is 2.09 bits per heavy atom. The van der Waals surface area contributed by atoms with Gasteiger partial charge in [0.05, 0.1) is 12.6 Å². The SMILES string of the molecule is CN(c1cccnn1)C1CCN(CC(O)Cn2cccn2)CC1. The molecule has 0 amide bonds. The van der Waals surface area contributed by atoms with Gasteiger partial charge in [-0.1, -0.05) is 0 Å². The van der Waals surface area contributed by atoms with Gasteiger partial charge in [0.1, 0.15) is 0 Å². The van der Waals surface area contributed by atoms with E-state index < -0.39 is 0 Å². The number of rotatable bonds is 6. The van der Waals surface area contributed by atoms with Crippen LogP contribution < -0.4 is 4.90 Å². The molecule has 0 spiro atoms. The summed E-state index contributed by atoms with van der Waals surface area (Å²) in [5.41, 5.74) is 0. The van der Waals surface area contributed by atoms with E-state index in [1.807, 2.05) is 24.4 Å². The number of hydrogen-bond acceptors (Lipinski definition) is 6. The van der Waals surface area contributed by atoms with Crippen molar-refractivity contribution in [2.75, 3.05) is 31.6 Å². The van der Waals surface area contributed by atoms with Crippen molar-refractivity contribution in [3.05, 3.63) is 36.8 Å². The van der Waals surface area contributed by atoms with Crippen molar-refractivity contribution in [3.63, 3.8) is 0 Å². The van der Waals surface area contributed by atoms with Crippen LogP contribution in [0.25, 0.3) is 0 Å². The Kier molecular flexibility index (Phi) is 5.19. The van der Waals surface area contributed by atoms with E-state index in [4.69, 9.17) is 0 Å². The third-order valence-corrected chi connectivity index (χ3v) is 4.45. The fraction of sp³-hybridized carbons (Fsp3) is 0.562. The Balaban J connectivity index is 1.45. The van der Waals surface area contributed by atoms with Gasteiger partial charge in [-0.25, -0.2) is 0 Å². The maximum absolute atomic E-state index is 10.2. The lowest BCUT2D eigenvalue weighted by atomic mass is 10.0. The number of aliphatic hydroxyl groups is 1. The van der Waals surface area contributed by atoms with Crippen LogP contribution in [0.15, 0.2) is 36.8 Å². The third kappa shape index (κ3) is 4.27. The summed E-state index contributed by atoms with van der Waals surface area (Å²) in [5, 5.41) is 22.5. The molecule has 124 valence electrons. The second kappa shape index (κ2) is 7.52. The van der Waals surface area contributed by atoms with E-state index in [9.17, 15) is 5.11 Å². The van der Waals surface area contributed by atoms with Gasteiger partial charge in [-0.2, -0.15) is 10.2 Å². The minimum atomic E-state index is -0.385. The Hall–Kier alpha value is -1.99. The van der Waals surface area contributed by atoms with Gasteiger partial charge in [-0.15, -0.1) is 5.10 Å². The van der Waals surface area contributed by atoms with Crippen molar-refractivity contribution in [2.24, 2.45) is 0 Å². The predicted molar refractivity (Wildman–Crippen MR) is 88.1 cm³/mol. The van der Waals surface area contributed by atoms with Crippen molar-refractivity contribution < 1.29 is 5.11 Å². The quantitative estimate of drug-likeness (QED) is 0.843. The normalized spacial score (nSPS) is 18.0. The van der Waals surface area contributed by atoms with Gasteiger partial charge in [-0.05, 0) is 31.0 Å². The smallest absolute Gasteiger partial charge is 0.151 e. The van der Waals surface area contributed by atoms with Crippen LogP contribution in [0.3, 0.4) is 0 Å². The maximum atomic E-state index is 10.2. The van der Waals surface area contributed by atoms with Gasteiger partial charge in [0.2, 0.25) is 0 Å². The first-order valence-corrected chi connectivity index (χ1v) is 8.11. The van der Waals surface area contributed by atoms with Gasteiger partial charge in [0, 0.05) is 51.3 Å². The summed E-state index contributed by atoms with van der Waals surface area (Å²) in [5.74, 6) is 0.921. The van der Waals surface area contributed by atoms with E-state index in [-0.39, 0.29) is 6.10 Å². The Morgan fingerprint density at radius 3 is 2.74 bits per heavy atom. The second-order valence-corrected chi connectivity index (χ2v) is 6.11. The number of aromatic nitrogens is 4. The molecule has 0 radical (unpaired) electrons. The fourth-order valence-electron chi connectivity index (χ4n) is 3.14. The summed E-state index contributed by atoms with van der Waals surface area (Å²) in [6.45, 7) is 3.23. The van der Waals surface area contributed by atoms with Crippen LogP contribution in [-0.4, -0.2) is 68.8 Å². The fourth-order valence-corrected chi connectivity index (χ4v) is 3.14. The molecule has 7 heteroatoms. The van der Waals surface area contributed by atoms with E-state index in [1.165, 1.54) is 0 Å². The van der Waals surface area contributed by atoms with Gasteiger partial charge in [0.25, 0.3) is 0 Å². The molecule has 1 aliphatic heterocycles. The van der Waals surface area contributed by atoms with E-state index in [1.54, 1.807) is 17.1 Å². The molecule has 3 heterocycles. The van der Waals surface area contributed by atoms with Crippen LogP contribution in [0, 0.1) is 0 Å². The second-order valence-electron chi connectivity index (χ2n) is 6.11. The molecule has 1 atom stereocenters. The zero-order valence-electron chi connectivity index (χ0n) is 13.5. The molecule has 0 saturated carbocycles. The minimum Gasteiger partial charge on any atom is -0.390 e. The van der Waals surface area contributed by atoms with Gasteiger partial charge < -0.3 is 14.9 Å². The Bertz CT molecular complexity index is 568. The van der Waals surface area contributed by atoms with Gasteiger partial charge in [0.15, 0.2) is 5.82 Å². The van der Waals surface area contributed by atoms with Crippen LogP contribution in [0.1, 0.15) is 12.8 Å². The predicted octanol–water partition coefficient (Wildman–Crippen LogP) is 0.635. The van der Waals surface area contributed by atoms with Crippen molar-refractivity contribution in [1.29, 1.82) is 0 Å². The molecular formula is C16H24N6O. The van der Waals surface area contributed by atoms with Crippen LogP contribution in [-0.2, 0) is 6.54 Å². The summed E-state index contributed by atoms with van der Waals surface area (Å²) >= 11 is 0. The van der Waals surface area contributed by atoms with Crippen LogP contribution in [0.5, 0.6) is 0 Å². The van der Waals surface area contributed by atoms with Crippen molar-refractivity contribution >= 4 is 5.82 Å². The molecule has 3 rings (SSSR count). The summed E-state index contributed by atoms with van der Waals surface area (Å²) in [6.07, 6.45) is 7.07. The van der Waals surface area contributed by atoms with Gasteiger partial charge in [-0.3, -0.25) is 4.68 Å². The summed E-state index contributed by atoms with van der Waals surface area (Å²) in [7, 11) is 2.08. The number of hydrogen-bond donors (Lipinski definition) is 1. The zero-order valence-corrected chi connectivity index (χ0v) is 13.5. The standard InChI is InChI=1S/C16H24N6O/c1-20(16-4-2-7-17-19-16)14-5-10-21(11-6-14)12-15(23)13-22-9-3-8-18-22/h2-4,7-9,14-15,23H,5-6,10-13H2,1H3. The number of β-amino-alcohol motifs (C(OH)–C–C–N with tert-alkyl or cyclic N) is 1. The molecule has 1 unspecified atom stereocenters. The lowest BCUT2D eigenvalue weighted by molar-refractivity contribution is 0.0823. The lowest BCUT2D eigenvalue weighted by Gasteiger charge is -2.37. The molecule has 1 N–H and O–H groups in total. The molecule has 0 aliphatic carbocycles. The van der Waals surface area contributed by atoms with Crippen molar-refractivity contribution in [1.82, 2.24) is 24.9 Å². The number of anilines is 1. The highest BCUT2D eigenvalue weighted by atomic mass is 16.3. The molecule has 2 aromatic rings. The summed E-state index contributed by atoms with van der Waals surface area (Å²) in [6, 6.07) is 6.26. The highest BCUT2D eigenvalue weighted by Gasteiger charge is 2.24. The van der Waals surface area contributed by atoms with Crippen LogP contribution in [0.2, 0.25) is 0 Å². The summed E-state index contributed by atoms with van der Waals surface area (Å²) in [4.78, 5) is 4.54. The highest BCUT2D eigenvalue weighted by molar-refractivity contribution is 5.36. The summed E-state index contributed by atoms with van der Waals surface area (Å²) < 4.78 is 1.78. The topological polar surface area (TPSA) is 70.3 Å². The highest BCUT2D eigenvalue weighted by Crippen LogP contribution is 2.19. The average Bonchev–Trinajstić information content (AvgIpc) is 3.08. The number of aliphatic hydroxyl groups excluding tert-OH is 1. The van der Waals surface area contributed by atoms with E-state index in [0.29, 0.717) is 19.1 Å². The molecule has 2 aromatic heterocycles. The lowest BCUT2D eigenvalue weighted by Crippen LogP contribution is -2.46. The minimum absolute atomic E-state index is 0.385. The van der Waals surface area contributed by atoms with Crippen LogP contribution >= 0.6 is 0 Å². The van der Waals surface area contributed by atoms with Crippen LogP contribution in [0.4, 0.5) is 5.82 Å². The first kappa shape index (κ1) is 15.9. The third-order valence-electron chi connectivity index (χ3n) is 4.45. The Morgan fingerprint density at radius 1 is 1.26 bits per heavy atom. The largest absolute Gasteiger partial charge is 0.390 e. The number of nitrogens with zero attached hydrogens (tertiary/aromatic N) is 6. The van der Waals surface area contributed by atoms with Crippen molar-refractivity contribution in [2.45, 2.75) is 31.5 Å².